The van der Waals surface area contributed by atoms with E-state index < -0.39 is 9.84 Å². The van der Waals surface area contributed by atoms with Crippen LogP contribution in [0.15, 0.2) is 59.5 Å². The van der Waals surface area contributed by atoms with E-state index >= 15 is 0 Å². The van der Waals surface area contributed by atoms with Crippen LogP contribution in [0.2, 0.25) is 0 Å². The molecule has 1 heterocycles. The molecule has 3 rings (SSSR count). The molecule has 1 fully saturated rings. The summed E-state index contributed by atoms with van der Waals surface area (Å²) >= 11 is 0. The maximum absolute atomic E-state index is 12.7. The molecule has 6 heteroatoms. The highest BCUT2D eigenvalue weighted by Crippen LogP contribution is 2.25. The summed E-state index contributed by atoms with van der Waals surface area (Å²) in [4.78, 5) is 14.8. The molecular formula is C20H24N2O3S. The molecule has 0 aliphatic carbocycles. The van der Waals surface area contributed by atoms with Crippen molar-refractivity contribution >= 4 is 15.7 Å². The van der Waals surface area contributed by atoms with E-state index in [1.807, 2.05) is 30.0 Å². The minimum Gasteiger partial charge on any atom is -0.336 e. The molecule has 1 amide bonds. The third kappa shape index (κ3) is 3.97. The predicted molar refractivity (Wildman–Crippen MR) is 101 cm³/mol. The van der Waals surface area contributed by atoms with E-state index in [1.165, 1.54) is 12.1 Å². The number of amides is 1. The Hall–Kier alpha value is -2.18. The monoisotopic (exact) mass is 372 g/mol. The van der Waals surface area contributed by atoms with Gasteiger partial charge in [0, 0.05) is 18.2 Å². The van der Waals surface area contributed by atoms with Gasteiger partial charge in [0.05, 0.1) is 10.6 Å². The van der Waals surface area contributed by atoms with Crippen molar-refractivity contribution in [3.05, 3.63) is 65.7 Å². The minimum atomic E-state index is -3.44. The zero-order valence-electron chi connectivity index (χ0n) is 14.8. The van der Waals surface area contributed by atoms with Crippen molar-refractivity contribution < 1.29 is 13.2 Å². The van der Waals surface area contributed by atoms with E-state index in [0.717, 1.165) is 12.0 Å². The molecule has 2 unspecified atom stereocenters. The number of sulfone groups is 1. The highest BCUT2D eigenvalue weighted by Gasteiger charge is 2.32. The van der Waals surface area contributed by atoms with Crippen LogP contribution in [0.5, 0.6) is 0 Å². The number of hydrogen-bond donors (Lipinski definition) is 1. The van der Waals surface area contributed by atoms with Gasteiger partial charge in [0.15, 0.2) is 9.84 Å². The fraction of sp³-hybridized carbons (Fsp3) is 0.350. The highest BCUT2D eigenvalue weighted by molar-refractivity contribution is 7.90. The van der Waals surface area contributed by atoms with Gasteiger partial charge in [0.1, 0.15) is 0 Å². The molecule has 2 atom stereocenters. The van der Waals surface area contributed by atoms with Gasteiger partial charge in [-0.3, -0.25) is 4.79 Å². The summed E-state index contributed by atoms with van der Waals surface area (Å²) in [5.41, 5.74) is 6.97. The fourth-order valence-corrected chi connectivity index (χ4v) is 4.79. The summed E-state index contributed by atoms with van der Waals surface area (Å²) in [5.74, 6) is 0.211. The topological polar surface area (TPSA) is 80.5 Å². The molecule has 0 radical (unpaired) electrons. The first-order valence-corrected chi connectivity index (χ1v) is 10.4. The molecule has 138 valence electrons. The van der Waals surface area contributed by atoms with Crippen LogP contribution in [0, 0.1) is 5.92 Å². The fourth-order valence-electron chi connectivity index (χ4n) is 3.44. The Morgan fingerprint density at radius 2 is 1.77 bits per heavy atom. The quantitative estimate of drug-likeness (QED) is 0.874. The molecule has 0 spiro atoms. The van der Waals surface area contributed by atoms with E-state index in [1.54, 1.807) is 24.3 Å². The van der Waals surface area contributed by atoms with Gasteiger partial charge < -0.3 is 10.6 Å². The van der Waals surface area contributed by atoms with Gasteiger partial charge in [-0.2, -0.15) is 0 Å². The summed E-state index contributed by atoms with van der Waals surface area (Å²) < 4.78 is 25.1. The molecule has 2 aromatic carbocycles. The van der Waals surface area contributed by atoms with Crippen molar-refractivity contribution in [2.24, 2.45) is 11.7 Å². The number of carbonyl (C=O) groups is 1. The Bertz CT molecular complexity index is 864. The maximum atomic E-state index is 12.7. The van der Waals surface area contributed by atoms with Gasteiger partial charge in [-0.1, -0.05) is 30.3 Å². The van der Waals surface area contributed by atoms with Crippen LogP contribution in [-0.4, -0.2) is 38.4 Å². The van der Waals surface area contributed by atoms with Crippen LogP contribution in [0.1, 0.15) is 29.3 Å². The van der Waals surface area contributed by atoms with Gasteiger partial charge in [-0.05, 0) is 55.6 Å². The lowest BCUT2D eigenvalue weighted by Gasteiger charge is -2.21. The normalized spacial score (nSPS) is 20.3. The van der Waals surface area contributed by atoms with Crippen molar-refractivity contribution in [1.82, 2.24) is 4.90 Å². The highest BCUT2D eigenvalue weighted by atomic mass is 32.2. The zero-order valence-corrected chi connectivity index (χ0v) is 15.7. The van der Waals surface area contributed by atoms with Crippen LogP contribution < -0.4 is 5.73 Å². The summed E-state index contributed by atoms with van der Waals surface area (Å²) in [6.07, 6.45) is 0.909. The Balaban J connectivity index is 1.75. The lowest BCUT2D eigenvalue weighted by Crippen LogP contribution is -2.34. The van der Waals surface area contributed by atoms with Crippen LogP contribution >= 0.6 is 0 Å². The van der Waals surface area contributed by atoms with Gasteiger partial charge in [0.2, 0.25) is 0 Å². The molecule has 0 saturated carbocycles. The largest absolute Gasteiger partial charge is 0.336 e. The Kier molecular flexibility index (Phi) is 5.44. The first-order chi connectivity index (χ1) is 12.4. The standard InChI is InChI=1S/C20H24N2O3S/c1-15-11-17(12-21)13-22(15)20(23)18-7-9-19(10-8-18)26(24,25)14-16-5-3-2-4-6-16/h2-10,15,17H,11-14,21H2,1H3. The molecule has 0 bridgehead atoms. The van der Waals surface area contributed by atoms with Crippen LogP contribution in [0.25, 0.3) is 0 Å². The lowest BCUT2D eigenvalue weighted by molar-refractivity contribution is 0.0743. The average molecular weight is 372 g/mol. The summed E-state index contributed by atoms with van der Waals surface area (Å²) in [5, 5.41) is 0. The van der Waals surface area contributed by atoms with Crippen LogP contribution in [0.3, 0.4) is 0 Å². The van der Waals surface area contributed by atoms with E-state index in [4.69, 9.17) is 5.73 Å². The van der Waals surface area contributed by atoms with Crippen molar-refractivity contribution in [3.8, 4) is 0 Å². The number of nitrogens with two attached hydrogens (primary N) is 1. The van der Waals surface area contributed by atoms with E-state index in [9.17, 15) is 13.2 Å². The van der Waals surface area contributed by atoms with Crippen molar-refractivity contribution in [2.45, 2.75) is 30.0 Å². The number of benzene rings is 2. The third-order valence-corrected chi connectivity index (χ3v) is 6.62. The van der Waals surface area contributed by atoms with E-state index in [0.29, 0.717) is 24.6 Å². The first kappa shape index (κ1) is 18.6. The summed E-state index contributed by atoms with van der Waals surface area (Å²) in [6.45, 7) is 3.25. The number of nitrogens with zero attached hydrogens (tertiary/aromatic N) is 1. The number of carbonyl (C=O) groups excluding carboxylic acids is 1. The molecular weight excluding hydrogens is 348 g/mol. The molecule has 1 saturated heterocycles. The van der Waals surface area contributed by atoms with Gasteiger partial charge in [-0.15, -0.1) is 0 Å². The van der Waals surface area contributed by atoms with Crippen LogP contribution in [-0.2, 0) is 15.6 Å². The Morgan fingerprint density at radius 1 is 1.12 bits per heavy atom. The lowest BCUT2D eigenvalue weighted by atomic mass is 10.1. The second-order valence-corrected chi connectivity index (χ2v) is 8.90. The second kappa shape index (κ2) is 7.60. The van der Waals surface area contributed by atoms with Gasteiger partial charge in [0.25, 0.3) is 5.91 Å². The molecule has 2 aromatic rings. The van der Waals surface area contributed by atoms with Gasteiger partial charge in [-0.25, -0.2) is 8.42 Å². The van der Waals surface area contributed by atoms with Crippen molar-refractivity contribution in [1.29, 1.82) is 0 Å². The first-order valence-electron chi connectivity index (χ1n) is 8.78. The zero-order chi connectivity index (χ0) is 18.7. The number of rotatable bonds is 5. The minimum absolute atomic E-state index is 0.0531. The third-order valence-electron chi connectivity index (χ3n) is 4.92. The Labute approximate surface area is 154 Å². The molecule has 26 heavy (non-hydrogen) atoms. The summed E-state index contributed by atoms with van der Waals surface area (Å²) in [7, 11) is -3.44. The maximum Gasteiger partial charge on any atom is 0.254 e. The van der Waals surface area contributed by atoms with Crippen LogP contribution in [0.4, 0.5) is 0 Å². The molecule has 2 N–H and O–H groups in total. The summed E-state index contributed by atoms with van der Waals surface area (Å²) in [6, 6.07) is 15.5. The van der Waals surface area contributed by atoms with E-state index in [-0.39, 0.29) is 22.6 Å². The predicted octanol–water partition coefficient (Wildman–Crippen LogP) is 2.47. The Morgan fingerprint density at radius 3 is 2.35 bits per heavy atom. The average Bonchev–Trinajstić information content (AvgIpc) is 3.02. The van der Waals surface area contributed by atoms with E-state index in [2.05, 4.69) is 0 Å². The number of hydrogen-bond acceptors (Lipinski definition) is 4. The van der Waals surface area contributed by atoms with Crippen molar-refractivity contribution in [2.75, 3.05) is 13.1 Å². The number of likely N-dealkylation sites (tertiary alicyclic amines) is 1. The second-order valence-electron chi connectivity index (χ2n) is 6.91. The van der Waals surface area contributed by atoms with Crippen molar-refractivity contribution in [3.63, 3.8) is 0 Å². The van der Waals surface area contributed by atoms with Gasteiger partial charge >= 0.3 is 0 Å². The SMILES string of the molecule is CC1CC(CN)CN1C(=O)c1ccc(S(=O)(=O)Cc2ccccc2)cc1. The smallest absolute Gasteiger partial charge is 0.254 e. The molecule has 5 nitrogen and oxygen atoms in total. The molecule has 1 aliphatic rings. The molecule has 0 aromatic heterocycles. The molecule has 1 aliphatic heterocycles.